The van der Waals surface area contributed by atoms with Crippen molar-refractivity contribution < 1.29 is 19.1 Å². The summed E-state index contributed by atoms with van der Waals surface area (Å²) in [5.41, 5.74) is 1.11. The van der Waals surface area contributed by atoms with Crippen molar-refractivity contribution in [2.45, 2.75) is 12.6 Å². The van der Waals surface area contributed by atoms with E-state index in [1.54, 1.807) is 42.5 Å². The van der Waals surface area contributed by atoms with Gasteiger partial charge in [0.25, 0.3) is 5.91 Å². The fourth-order valence-electron chi connectivity index (χ4n) is 1.94. The molecule has 0 aliphatic rings. The predicted octanol–water partition coefficient (Wildman–Crippen LogP) is 1.23. The van der Waals surface area contributed by atoms with Crippen LogP contribution in [0.3, 0.4) is 0 Å². The Morgan fingerprint density at radius 3 is 2.30 bits per heavy atom. The Morgan fingerprint density at radius 2 is 1.70 bits per heavy atom. The Balaban J connectivity index is 1.90. The van der Waals surface area contributed by atoms with E-state index in [9.17, 15) is 19.1 Å². The molecule has 0 heterocycles. The Kier molecular flexibility index (Phi) is 5.82. The second-order valence-corrected chi connectivity index (χ2v) is 4.92. The maximum Gasteiger partial charge on any atom is 0.251 e. The van der Waals surface area contributed by atoms with E-state index in [1.807, 2.05) is 0 Å². The molecule has 0 aromatic heterocycles. The average Bonchev–Trinajstić information content (AvgIpc) is 2.59. The van der Waals surface area contributed by atoms with Gasteiger partial charge < -0.3 is 15.7 Å². The van der Waals surface area contributed by atoms with Gasteiger partial charge in [-0.3, -0.25) is 9.59 Å². The molecule has 3 N–H and O–H groups in total. The van der Waals surface area contributed by atoms with Gasteiger partial charge in [0.15, 0.2) is 0 Å². The number of benzene rings is 2. The normalized spacial score (nSPS) is 11.6. The molecule has 0 spiro atoms. The van der Waals surface area contributed by atoms with Gasteiger partial charge in [0.05, 0.1) is 6.61 Å². The number of halogens is 1. The van der Waals surface area contributed by atoms with E-state index in [-0.39, 0.29) is 12.4 Å². The Labute approximate surface area is 133 Å². The highest BCUT2D eigenvalue weighted by Crippen LogP contribution is 2.03. The van der Waals surface area contributed by atoms with Crippen LogP contribution < -0.4 is 10.6 Å². The lowest BCUT2D eigenvalue weighted by Gasteiger charge is -2.16. The first kappa shape index (κ1) is 16.6. The molecule has 0 aliphatic carbocycles. The maximum atomic E-state index is 12.8. The Morgan fingerprint density at radius 1 is 1.04 bits per heavy atom. The number of carbonyl (C=O) groups is 2. The largest absolute Gasteiger partial charge is 0.394 e. The smallest absolute Gasteiger partial charge is 0.251 e. The highest BCUT2D eigenvalue weighted by molar-refractivity contribution is 5.97. The summed E-state index contributed by atoms with van der Waals surface area (Å²) in [7, 11) is 0. The van der Waals surface area contributed by atoms with Gasteiger partial charge in [-0.05, 0) is 29.8 Å². The summed E-state index contributed by atoms with van der Waals surface area (Å²) < 4.78 is 12.8. The van der Waals surface area contributed by atoms with E-state index in [2.05, 4.69) is 10.6 Å². The topological polar surface area (TPSA) is 78.4 Å². The number of rotatable bonds is 6. The van der Waals surface area contributed by atoms with Gasteiger partial charge in [0, 0.05) is 12.1 Å². The molecule has 0 aliphatic heterocycles. The van der Waals surface area contributed by atoms with E-state index in [0.29, 0.717) is 11.1 Å². The number of amides is 2. The van der Waals surface area contributed by atoms with Crippen LogP contribution in [0.5, 0.6) is 0 Å². The summed E-state index contributed by atoms with van der Waals surface area (Å²) in [5.74, 6) is -1.31. The van der Waals surface area contributed by atoms with E-state index in [1.165, 1.54) is 12.1 Å². The molecule has 1 atom stereocenters. The van der Waals surface area contributed by atoms with Crippen LogP contribution in [-0.2, 0) is 11.3 Å². The molecule has 6 heteroatoms. The summed E-state index contributed by atoms with van der Waals surface area (Å²) in [6, 6.07) is 13.0. The minimum absolute atomic E-state index is 0.177. The van der Waals surface area contributed by atoms with Gasteiger partial charge in [-0.25, -0.2) is 4.39 Å². The molecule has 0 saturated heterocycles. The van der Waals surface area contributed by atoms with Crippen LogP contribution in [0.4, 0.5) is 4.39 Å². The fraction of sp³-hybridized carbons (Fsp3) is 0.176. The first-order chi connectivity index (χ1) is 11.1. The number of hydrogen-bond acceptors (Lipinski definition) is 3. The fourth-order valence-corrected chi connectivity index (χ4v) is 1.94. The van der Waals surface area contributed by atoms with Gasteiger partial charge >= 0.3 is 0 Å². The van der Waals surface area contributed by atoms with Crippen molar-refractivity contribution in [3.63, 3.8) is 0 Å². The quantitative estimate of drug-likeness (QED) is 0.750. The third-order valence-electron chi connectivity index (χ3n) is 3.22. The molecular formula is C17H17FN2O3. The molecule has 0 unspecified atom stereocenters. The van der Waals surface area contributed by atoms with E-state index in [0.717, 1.165) is 0 Å². The number of hydrogen-bond donors (Lipinski definition) is 3. The monoisotopic (exact) mass is 316 g/mol. The number of nitrogens with one attached hydrogen (secondary N) is 2. The molecular weight excluding hydrogens is 299 g/mol. The summed E-state index contributed by atoms with van der Waals surface area (Å²) in [6.45, 7) is -0.343. The van der Waals surface area contributed by atoms with E-state index >= 15 is 0 Å². The summed E-state index contributed by atoms with van der Waals surface area (Å²) in [6.07, 6.45) is 0. The minimum atomic E-state index is -1.05. The van der Waals surface area contributed by atoms with Crippen LogP contribution in [0.2, 0.25) is 0 Å². The molecule has 5 nitrogen and oxygen atoms in total. The summed E-state index contributed by atoms with van der Waals surface area (Å²) >= 11 is 0. The molecule has 0 saturated carbocycles. The van der Waals surface area contributed by atoms with E-state index in [4.69, 9.17) is 0 Å². The van der Waals surface area contributed by atoms with Crippen LogP contribution >= 0.6 is 0 Å². The van der Waals surface area contributed by atoms with E-state index < -0.39 is 24.5 Å². The lowest BCUT2D eigenvalue weighted by atomic mass is 10.2. The molecule has 0 bridgehead atoms. The lowest BCUT2D eigenvalue weighted by Crippen LogP contribution is -2.48. The van der Waals surface area contributed by atoms with Crippen molar-refractivity contribution in [3.8, 4) is 0 Å². The molecule has 120 valence electrons. The zero-order chi connectivity index (χ0) is 16.7. The standard InChI is InChI=1S/C17H17FN2O3/c18-14-8-6-12(7-9-14)10-19-17(23)15(11-21)20-16(22)13-4-2-1-3-5-13/h1-9,15,21H,10-11H2,(H,19,23)(H,20,22)/t15-/m0/s1. The van der Waals surface area contributed by atoms with Crippen LogP contribution in [-0.4, -0.2) is 29.6 Å². The number of carbonyl (C=O) groups excluding carboxylic acids is 2. The summed E-state index contributed by atoms with van der Waals surface area (Å²) in [4.78, 5) is 24.0. The van der Waals surface area contributed by atoms with Crippen molar-refractivity contribution in [1.29, 1.82) is 0 Å². The van der Waals surface area contributed by atoms with Crippen molar-refractivity contribution in [3.05, 3.63) is 71.5 Å². The summed E-state index contributed by atoms with van der Waals surface area (Å²) in [5, 5.41) is 14.4. The van der Waals surface area contributed by atoms with Crippen LogP contribution in [0, 0.1) is 5.82 Å². The first-order valence-corrected chi connectivity index (χ1v) is 7.09. The molecule has 2 amide bonds. The Bertz CT molecular complexity index is 659. The number of aliphatic hydroxyl groups excluding tert-OH is 1. The minimum Gasteiger partial charge on any atom is -0.394 e. The van der Waals surface area contributed by atoms with Crippen molar-refractivity contribution in [2.75, 3.05) is 6.61 Å². The predicted molar refractivity (Wildman–Crippen MR) is 83.0 cm³/mol. The Hall–Kier alpha value is -2.73. The molecule has 2 rings (SSSR count). The van der Waals surface area contributed by atoms with Crippen molar-refractivity contribution >= 4 is 11.8 Å². The van der Waals surface area contributed by atoms with Crippen LogP contribution in [0.1, 0.15) is 15.9 Å². The maximum absolute atomic E-state index is 12.8. The third kappa shape index (κ3) is 4.89. The van der Waals surface area contributed by atoms with Crippen molar-refractivity contribution in [1.82, 2.24) is 10.6 Å². The number of aliphatic hydroxyl groups is 1. The highest BCUT2D eigenvalue weighted by Gasteiger charge is 2.20. The molecule has 2 aromatic rings. The van der Waals surface area contributed by atoms with Gasteiger partial charge in [0.1, 0.15) is 11.9 Å². The SMILES string of the molecule is O=C(N[C@@H](CO)C(=O)NCc1ccc(F)cc1)c1ccccc1. The van der Waals surface area contributed by atoms with Gasteiger partial charge in [0.2, 0.25) is 5.91 Å². The molecule has 0 radical (unpaired) electrons. The molecule has 2 aromatic carbocycles. The van der Waals surface area contributed by atoms with Crippen LogP contribution in [0.25, 0.3) is 0 Å². The second kappa shape index (κ2) is 8.05. The molecule has 0 fully saturated rings. The van der Waals surface area contributed by atoms with Crippen LogP contribution in [0.15, 0.2) is 54.6 Å². The van der Waals surface area contributed by atoms with Gasteiger partial charge in [-0.1, -0.05) is 30.3 Å². The highest BCUT2D eigenvalue weighted by atomic mass is 19.1. The average molecular weight is 316 g/mol. The molecule has 23 heavy (non-hydrogen) atoms. The third-order valence-corrected chi connectivity index (χ3v) is 3.22. The van der Waals surface area contributed by atoms with Crippen molar-refractivity contribution in [2.24, 2.45) is 0 Å². The zero-order valence-electron chi connectivity index (χ0n) is 12.3. The first-order valence-electron chi connectivity index (χ1n) is 7.09. The second-order valence-electron chi connectivity index (χ2n) is 4.92. The van der Waals surface area contributed by atoms with Gasteiger partial charge in [-0.2, -0.15) is 0 Å². The lowest BCUT2D eigenvalue weighted by molar-refractivity contribution is -0.124. The zero-order valence-corrected chi connectivity index (χ0v) is 12.3. The van der Waals surface area contributed by atoms with Gasteiger partial charge in [-0.15, -0.1) is 0 Å².